The molecule has 0 radical (unpaired) electrons. The van der Waals surface area contributed by atoms with Crippen LogP contribution in [0.1, 0.15) is 58.3 Å². The van der Waals surface area contributed by atoms with Crippen LogP contribution in [0.3, 0.4) is 0 Å². The molecule has 0 rings (SSSR count). The molecule has 0 saturated heterocycles. The summed E-state index contributed by atoms with van der Waals surface area (Å²) in [5.74, 6) is -1.81. The molecule has 0 spiro atoms. The van der Waals surface area contributed by atoms with Crippen molar-refractivity contribution in [3.63, 3.8) is 0 Å². The Kier molecular flexibility index (Phi) is 15.3. The first-order valence-electron chi connectivity index (χ1n) is 11.3. The molecule has 0 amide bonds. The Labute approximate surface area is 185 Å². The molecular formula is C22H44O6Si2. The Morgan fingerprint density at radius 1 is 0.933 bits per heavy atom. The van der Waals surface area contributed by atoms with E-state index in [9.17, 15) is 9.59 Å². The number of carbonyl (C=O) groups excluding carboxylic acids is 1. The van der Waals surface area contributed by atoms with Crippen LogP contribution in [-0.2, 0) is 23.2 Å². The number of aliphatic carboxylic acids is 1. The number of rotatable bonds is 18. The lowest BCUT2D eigenvalue weighted by Crippen LogP contribution is -2.42. The van der Waals surface area contributed by atoms with Crippen LogP contribution in [0.25, 0.3) is 0 Å². The minimum Gasteiger partial charge on any atom is -0.478 e. The van der Waals surface area contributed by atoms with E-state index in [0.29, 0.717) is 6.61 Å². The van der Waals surface area contributed by atoms with Gasteiger partial charge in [0.25, 0.3) is 0 Å². The molecule has 0 heterocycles. The van der Waals surface area contributed by atoms with Gasteiger partial charge in [-0.1, -0.05) is 45.4 Å². The van der Waals surface area contributed by atoms with Gasteiger partial charge in [0.1, 0.15) is 6.61 Å². The molecule has 0 aliphatic carbocycles. The SMILES string of the molecule is CCCCCCCCC(COC(=O)/C=C/C(=O)O)OCCC[Si](C)(C)O[Si](C)(C)C. The zero-order chi connectivity index (χ0) is 23.0. The fraction of sp³-hybridized carbons (Fsp3) is 0.818. The van der Waals surface area contributed by atoms with Crippen LogP contribution in [0, 0.1) is 0 Å². The van der Waals surface area contributed by atoms with Gasteiger partial charge in [0.05, 0.1) is 6.10 Å². The second-order valence-electron chi connectivity index (χ2n) is 9.43. The molecule has 0 aliphatic heterocycles. The van der Waals surface area contributed by atoms with Gasteiger partial charge < -0.3 is 18.7 Å². The van der Waals surface area contributed by atoms with E-state index in [1.54, 1.807) is 0 Å². The van der Waals surface area contributed by atoms with Crippen molar-refractivity contribution in [3.05, 3.63) is 12.2 Å². The summed E-state index contributed by atoms with van der Waals surface area (Å²) >= 11 is 0. The molecule has 0 aromatic heterocycles. The smallest absolute Gasteiger partial charge is 0.331 e. The van der Waals surface area contributed by atoms with E-state index >= 15 is 0 Å². The summed E-state index contributed by atoms with van der Waals surface area (Å²) in [4.78, 5) is 22.2. The van der Waals surface area contributed by atoms with E-state index in [-0.39, 0.29) is 12.7 Å². The van der Waals surface area contributed by atoms with Crippen LogP contribution >= 0.6 is 0 Å². The number of hydrogen-bond donors (Lipinski definition) is 1. The summed E-state index contributed by atoms with van der Waals surface area (Å²) in [7, 11) is -3.21. The number of ether oxygens (including phenoxy) is 2. The maximum absolute atomic E-state index is 11.7. The second-order valence-corrected chi connectivity index (χ2v) is 18.5. The molecule has 0 aliphatic rings. The molecule has 1 atom stereocenters. The van der Waals surface area contributed by atoms with Crippen LogP contribution in [0.4, 0.5) is 0 Å². The number of hydrogen-bond acceptors (Lipinski definition) is 5. The van der Waals surface area contributed by atoms with Gasteiger partial charge in [0, 0.05) is 18.8 Å². The molecule has 0 fully saturated rings. The third-order valence-electron chi connectivity index (χ3n) is 4.51. The Hall–Kier alpha value is -0.966. The molecule has 176 valence electrons. The van der Waals surface area contributed by atoms with Crippen LogP contribution in [0.5, 0.6) is 0 Å². The first-order valence-corrected chi connectivity index (χ1v) is 17.9. The van der Waals surface area contributed by atoms with Crippen LogP contribution in [0.15, 0.2) is 12.2 Å². The van der Waals surface area contributed by atoms with Crippen LogP contribution in [-0.4, -0.2) is 53.0 Å². The largest absolute Gasteiger partial charge is 0.478 e. The molecule has 0 bridgehead atoms. The number of esters is 1. The minimum absolute atomic E-state index is 0.152. The maximum Gasteiger partial charge on any atom is 0.331 e. The molecule has 0 aromatic carbocycles. The predicted octanol–water partition coefficient (Wildman–Crippen LogP) is 5.75. The van der Waals surface area contributed by atoms with Crippen molar-refractivity contribution >= 4 is 28.6 Å². The molecule has 1 N–H and O–H groups in total. The molecule has 30 heavy (non-hydrogen) atoms. The average molecular weight is 461 g/mol. The fourth-order valence-corrected chi connectivity index (χ4v) is 11.4. The number of carbonyl (C=O) groups is 2. The first kappa shape index (κ1) is 29.0. The van der Waals surface area contributed by atoms with Crippen molar-refractivity contribution in [1.82, 2.24) is 0 Å². The van der Waals surface area contributed by atoms with Crippen molar-refractivity contribution in [2.24, 2.45) is 0 Å². The second kappa shape index (κ2) is 15.8. The fourth-order valence-electron chi connectivity index (χ4n) is 3.36. The van der Waals surface area contributed by atoms with Gasteiger partial charge in [-0.05, 0) is 51.6 Å². The van der Waals surface area contributed by atoms with Crippen molar-refractivity contribution < 1.29 is 28.3 Å². The number of unbranched alkanes of at least 4 members (excludes halogenated alkanes) is 5. The van der Waals surface area contributed by atoms with Crippen LogP contribution < -0.4 is 0 Å². The average Bonchev–Trinajstić information content (AvgIpc) is 2.61. The highest BCUT2D eigenvalue weighted by atomic mass is 28.4. The van der Waals surface area contributed by atoms with Crippen molar-refractivity contribution in [1.29, 1.82) is 0 Å². The number of carboxylic acids is 1. The topological polar surface area (TPSA) is 82.1 Å². The first-order chi connectivity index (χ1) is 13.9. The van der Waals surface area contributed by atoms with E-state index in [0.717, 1.165) is 43.9 Å². The highest BCUT2D eigenvalue weighted by Crippen LogP contribution is 2.20. The lowest BCUT2D eigenvalue weighted by Gasteiger charge is -2.31. The lowest BCUT2D eigenvalue weighted by molar-refractivity contribution is -0.142. The Morgan fingerprint density at radius 3 is 2.17 bits per heavy atom. The normalized spacial score (nSPS) is 13.5. The van der Waals surface area contributed by atoms with E-state index in [4.69, 9.17) is 18.7 Å². The molecular weight excluding hydrogens is 416 g/mol. The van der Waals surface area contributed by atoms with Crippen LogP contribution in [0.2, 0.25) is 38.8 Å². The Morgan fingerprint density at radius 2 is 1.57 bits per heavy atom. The molecule has 6 nitrogen and oxygen atoms in total. The monoisotopic (exact) mass is 460 g/mol. The Balaban J connectivity index is 4.42. The summed E-state index contributed by atoms with van der Waals surface area (Å²) in [5, 5.41) is 8.60. The van der Waals surface area contributed by atoms with E-state index < -0.39 is 28.6 Å². The summed E-state index contributed by atoms with van der Waals surface area (Å²) in [6, 6.07) is 1.04. The van der Waals surface area contributed by atoms with Gasteiger partial charge in [0.2, 0.25) is 0 Å². The third-order valence-corrected chi connectivity index (χ3v) is 10.7. The van der Waals surface area contributed by atoms with Gasteiger partial charge in [0.15, 0.2) is 16.6 Å². The molecule has 8 heteroatoms. The maximum atomic E-state index is 11.7. The standard InChI is InChI=1S/C22H44O6Si2/c1-7-8-9-10-11-12-14-20(19-27-22(25)16-15-21(23)24)26-17-13-18-30(5,6)28-29(2,3)4/h15-16,20H,7-14,17-19H2,1-6H3,(H,23,24)/b16-15+. The zero-order valence-electron chi connectivity index (χ0n) is 20.0. The zero-order valence-corrected chi connectivity index (χ0v) is 22.0. The summed E-state index contributed by atoms with van der Waals surface area (Å²) < 4.78 is 17.6. The van der Waals surface area contributed by atoms with Crippen molar-refractivity contribution in [3.8, 4) is 0 Å². The quantitative estimate of drug-likeness (QED) is 0.121. The predicted molar refractivity (Wildman–Crippen MR) is 127 cm³/mol. The summed E-state index contributed by atoms with van der Waals surface area (Å²) in [5.41, 5.74) is 0. The van der Waals surface area contributed by atoms with Gasteiger partial charge >= 0.3 is 11.9 Å². The Bertz CT molecular complexity index is 514. The van der Waals surface area contributed by atoms with E-state index in [1.807, 2.05) is 0 Å². The van der Waals surface area contributed by atoms with Gasteiger partial charge in [-0.3, -0.25) is 0 Å². The van der Waals surface area contributed by atoms with Crippen molar-refractivity contribution in [2.45, 2.75) is 103 Å². The van der Waals surface area contributed by atoms with E-state index in [2.05, 4.69) is 39.7 Å². The minimum atomic E-state index is -1.68. The van der Waals surface area contributed by atoms with Gasteiger partial charge in [-0.15, -0.1) is 0 Å². The highest BCUT2D eigenvalue weighted by molar-refractivity contribution is 6.84. The third kappa shape index (κ3) is 19.0. The summed E-state index contributed by atoms with van der Waals surface area (Å²) in [6.45, 7) is 14.2. The van der Waals surface area contributed by atoms with E-state index in [1.165, 1.54) is 25.7 Å². The number of carboxylic acid groups (broad SMARTS) is 1. The molecule has 1 unspecified atom stereocenters. The lowest BCUT2D eigenvalue weighted by atomic mass is 10.1. The highest BCUT2D eigenvalue weighted by Gasteiger charge is 2.29. The molecule has 0 saturated carbocycles. The summed E-state index contributed by atoms with van der Waals surface area (Å²) in [6.07, 6.45) is 10.5. The van der Waals surface area contributed by atoms with Crippen molar-refractivity contribution in [2.75, 3.05) is 13.2 Å². The molecule has 0 aromatic rings. The van der Waals surface area contributed by atoms with Gasteiger partial charge in [-0.25, -0.2) is 9.59 Å². The van der Waals surface area contributed by atoms with Gasteiger partial charge in [-0.2, -0.15) is 0 Å².